The summed E-state index contributed by atoms with van der Waals surface area (Å²) in [5, 5.41) is 14.3. The zero-order chi connectivity index (χ0) is 12.7. The molecule has 0 saturated heterocycles. The Balaban J connectivity index is 2.06. The molecular formula is C13H14ClN3O. The van der Waals surface area contributed by atoms with Gasteiger partial charge in [-0.15, -0.1) is 0 Å². The average molecular weight is 264 g/mol. The van der Waals surface area contributed by atoms with Crippen molar-refractivity contribution >= 4 is 11.6 Å². The molecule has 1 N–H and O–H groups in total. The number of phenolic OH excluding ortho intramolecular Hbond substituents is 1. The Hall–Kier alpha value is -1.55. The van der Waals surface area contributed by atoms with Gasteiger partial charge >= 0.3 is 0 Å². The second-order valence-electron chi connectivity index (χ2n) is 4.55. The quantitative estimate of drug-likeness (QED) is 0.925. The van der Waals surface area contributed by atoms with Crippen molar-refractivity contribution in [3.05, 3.63) is 29.0 Å². The van der Waals surface area contributed by atoms with Crippen molar-refractivity contribution in [2.24, 2.45) is 0 Å². The zero-order valence-corrected chi connectivity index (χ0v) is 10.9. The molecule has 18 heavy (non-hydrogen) atoms. The highest BCUT2D eigenvalue weighted by Gasteiger charge is 2.29. The number of hydrogen-bond acceptors (Lipinski definition) is 3. The van der Waals surface area contributed by atoms with Crippen molar-refractivity contribution in [3.63, 3.8) is 0 Å². The number of aryl methyl sites for hydroxylation is 1. The molecule has 0 amide bonds. The van der Waals surface area contributed by atoms with Crippen molar-refractivity contribution in [1.29, 1.82) is 0 Å². The van der Waals surface area contributed by atoms with Gasteiger partial charge in [0.2, 0.25) is 0 Å². The number of aromatic nitrogens is 3. The van der Waals surface area contributed by atoms with E-state index in [1.54, 1.807) is 12.1 Å². The molecule has 1 aromatic carbocycles. The molecule has 5 heteroatoms. The minimum Gasteiger partial charge on any atom is -0.506 e. The fourth-order valence-corrected chi connectivity index (χ4v) is 2.13. The molecule has 1 fully saturated rings. The maximum Gasteiger partial charge on any atom is 0.158 e. The Bertz CT molecular complexity index is 590. The first kappa shape index (κ1) is 11.5. The molecule has 1 aliphatic carbocycles. The van der Waals surface area contributed by atoms with Crippen LogP contribution in [0.1, 0.15) is 31.5 Å². The number of halogens is 1. The SMILES string of the molecule is CCn1nc(C2CC2)nc1-c1ccc(O)c(Cl)c1. The molecule has 1 aromatic heterocycles. The molecule has 1 aliphatic rings. The number of rotatable bonds is 3. The first-order valence-electron chi connectivity index (χ1n) is 6.12. The molecule has 1 saturated carbocycles. The van der Waals surface area contributed by atoms with E-state index in [-0.39, 0.29) is 5.75 Å². The fourth-order valence-electron chi connectivity index (χ4n) is 1.95. The van der Waals surface area contributed by atoms with Crippen molar-refractivity contribution in [2.75, 3.05) is 0 Å². The summed E-state index contributed by atoms with van der Waals surface area (Å²) >= 11 is 5.93. The van der Waals surface area contributed by atoms with Gasteiger partial charge in [-0.05, 0) is 38.0 Å². The summed E-state index contributed by atoms with van der Waals surface area (Å²) in [5.41, 5.74) is 0.888. The lowest BCUT2D eigenvalue weighted by Crippen LogP contribution is -1.99. The largest absolute Gasteiger partial charge is 0.506 e. The summed E-state index contributed by atoms with van der Waals surface area (Å²) in [6, 6.07) is 5.13. The lowest BCUT2D eigenvalue weighted by molar-refractivity contribution is 0.475. The summed E-state index contributed by atoms with van der Waals surface area (Å²) in [4.78, 5) is 4.60. The van der Waals surface area contributed by atoms with Gasteiger partial charge in [-0.25, -0.2) is 9.67 Å². The first-order chi connectivity index (χ1) is 8.69. The molecule has 2 aromatic rings. The summed E-state index contributed by atoms with van der Waals surface area (Å²) in [6.07, 6.45) is 2.37. The van der Waals surface area contributed by atoms with Crippen LogP contribution in [0.5, 0.6) is 5.75 Å². The molecule has 0 bridgehead atoms. The van der Waals surface area contributed by atoms with Gasteiger partial charge in [0.15, 0.2) is 11.6 Å². The minimum atomic E-state index is 0.0883. The molecule has 0 aliphatic heterocycles. The standard InChI is InChI=1S/C13H14ClN3O/c1-2-17-13(15-12(16-17)8-3-4-8)9-5-6-11(18)10(14)7-9/h5-8,18H,2-4H2,1H3. The predicted octanol–water partition coefficient (Wildman–Crippen LogP) is 3.20. The lowest BCUT2D eigenvalue weighted by Gasteiger charge is -2.04. The molecule has 1 heterocycles. The summed E-state index contributed by atoms with van der Waals surface area (Å²) < 4.78 is 1.89. The van der Waals surface area contributed by atoms with Crippen LogP contribution in [-0.4, -0.2) is 19.9 Å². The highest BCUT2D eigenvalue weighted by atomic mass is 35.5. The number of phenols is 1. The van der Waals surface area contributed by atoms with E-state index in [1.807, 2.05) is 17.7 Å². The Kier molecular flexibility index (Phi) is 2.74. The van der Waals surface area contributed by atoms with E-state index in [1.165, 1.54) is 12.8 Å². The van der Waals surface area contributed by atoms with Crippen LogP contribution in [0, 0.1) is 0 Å². The predicted molar refractivity (Wildman–Crippen MR) is 69.8 cm³/mol. The molecule has 0 atom stereocenters. The normalized spacial score (nSPS) is 15.0. The molecule has 94 valence electrons. The molecular weight excluding hydrogens is 250 g/mol. The zero-order valence-electron chi connectivity index (χ0n) is 10.1. The van der Waals surface area contributed by atoms with Gasteiger partial charge in [0.25, 0.3) is 0 Å². The third-order valence-electron chi connectivity index (χ3n) is 3.14. The minimum absolute atomic E-state index is 0.0883. The van der Waals surface area contributed by atoms with Crippen LogP contribution in [0.25, 0.3) is 11.4 Å². The topological polar surface area (TPSA) is 50.9 Å². The van der Waals surface area contributed by atoms with Gasteiger partial charge in [0, 0.05) is 18.0 Å². The van der Waals surface area contributed by atoms with Gasteiger partial charge in [-0.2, -0.15) is 5.10 Å². The van der Waals surface area contributed by atoms with E-state index < -0.39 is 0 Å². The van der Waals surface area contributed by atoms with Crippen molar-refractivity contribution in [3.8, 4) is 17.1 Å². The molecule has 4 nitrogen and oxygen atoms in total. The van der Waals surface area contributed by atoms with E-state index in [2.05, 4.69) is 10.1 Å². The maximum absolute atomic E-state index is 9.45. The molecule has 0 unspecified atom stereocenters. The van der Waals surface area contributed by atoms with E-state index in [4.69, 9.17) is 11.6 Å². The first-order valence-corrected chi connectivity index (χ1v) is 6.50. The van der Waals surface area contributed by atoms with E-state index in [0.717, 1.165) is 23.8 Å². The molecule has 0 radical (unpaired) electrons. The Labute approximate surface area is 110 Å². The van der Waals surface area contributed by atoms with Crippen molar-refractivity contribution < 1.29 is 5.11 Å². The number of nitrogens with zero attached hydrogens (tertiary/aromatic N) is 3. The van der Waals surface area contributed by atoms with Crippen LogP contribution in [-0.2, 0) is 6.54 Å². The third-order valence-corrected chi connectivity index (χ3v) is 3.44. The van der Waals surface area contributed by atoms with Gasteiger partial charge in [0.05, 0.1) is 5.02 Å². The second-order valence-corrected chi connectivity index (χ2v) is 4.96. The number of hydrogen-bond donors (Lipinski definition) is 1. The van der Waals surface area contributed by atoms with Crippen molar-refractivity contribution in [2.45, 2.75) is 32.2 Å². The number of aromatic hydroxyl groups is 1. The maximum atomic E-state index is 9.45. The van der Waals surface area contributed by atoms with Crippen LogP contribution in [0.15, 0.2) is 18.2 Å². The van der Waals surface area contributed by atoms with Crippen molar-refractivity contribution in [1.82, 2.24) is 14.8 Å². The lowest BCUT2D eigenvalue weighted by atomic mass is 10.2. The van der Waals surface area contributed by atoms with Gasteiger partial charge < -0.3 is 5.11 Å². The number of benzene rings is 1. The summed E-state index contributed by atoms with van der Waals surface area (Å²) in [5.74, 6) is 2.37. The molecule has 0 spiro atoms. The third kappa shape index (κ3) is 1.97. The average Bonchev–Trinajstić information content (AvgIpc) is 3.12. The second kappa shape index (κ2) is 4.28. The van der Waals surface area contributed by atoms with Crippen LogP contribution in [0.4, 0.5) is 0 Å². The van der Waals surface area contributed by atoms with Crippen LogP contribution in [0.3, 0.4) is 0 Å². The fraction of sp³-hybridized carbons (Fsp3) is 0.385. The molecule has 3 rings (SSSR count). The smallest absolute Gasteiger partial charge is 0.158 e. The Morgan fingerprint density at radius 1 is 1.44 bits per heavy atom. The van der Waals surface area contributed by atoms with Crippen LogP contribution < -0.4 is 0 Å². The van der Waals surface area contributed by atoms with Gasteiger partial charge in [-0.3, -0.25) is 0 Å². The van der Waals surface area contributed by atoms with Gasteiger partial charge in [0.1, 0.15) is 5.75 Å². The van der Waals surface area contributed by atoms with E-state index >= 15 is 0 Å². The highest BCUT2D eigenvalue weighted by molar-refractivity contribution is 6.32. The highest BCUT2D eigenvalue weighted by Crippen LogP contribution is 2.39. The Morgan fingerprint density at radius 2 is 2.22 bits per heavy atom. The van der Waals surface area contributed by atoms with E-state index in [9.17, 15) is 5.11 Å². The summed E-state index contributed by atoms with van der Waals surface area (Å²) in [7, 11) is 0. The van der Waals surface area contributed by atoms with E-state index in [0.29, 0.717) is 10.9 Å². The summed E-state index contributed by atoms with van der Waals surface area (Å²) in [6.45, 7) is 2.81. The van der Waals surface area contributed by atoms with Crippen LogP contribution in [0.2, 0.25) is 5.02 Å². The van der Waals surface area contributed by atoms with Gasteiger partial charge in [-0.1, -0.05) is 11.6 Å². The van der Waals surface area contributed by atoms with Crippen LogP contribution >= 0.6 is 11.6 Å². The monoisotopic (exact) mass is 263 g/mol. The Morgan fingerprint density at radius 3 is 2.83 bits per heavy atom.